The van der Waals surface area contributed by atoms with Crippen LogP contribution in [0.3, 0.4) is 0 Å². The summed E-state index contributed by atoms with van der Waals surface area (Å²) in [5.41, 5.74) is 7.19. The first-order chi connectivity index (χ1) is 10.3. The van der Waals surface area contributed by atoms with Crippen LogP contribution in [0, 0.1) is 5.92 Å². The van der Waals surface area contributed by atoms with Crippen LogP contribution < -0.4 is 16.0 Å². The summed E-state index contributed by atoms with van der Waals surface area (Å²) in [5, 5.41) is 0. The Balaban J connectivity index is 1.80. The van der Waals surface area contributed by atoms with E-state index < -0.39 is 0 Å². The molecule has 0 bridgehead atoms. The van der Waals surface area contributed by atoms with E-state index in [1.165, 1.54) is 16.7 Å². The van der Waals surface area contributed by atoms with E-state index in [4.69, 9.17) is 10.6 Å². The van der Waals surface area contributed by atoms with Crippen molar-refractivity contribution in [3.63, 3.8) is 0 Å². The summed E-state index contributed by atoms with van der Waals surface area (Å²) in [6, 6.07) is 17.1. The number of hydrogen-bond acceptors (Lipinski definition) is 3. The van der Waals surface area contributed by atoms with Gasteiger partial charge >= 0.3 is 0 Å². The van der Waals surface area contributed by atoms with Crippen molar-refractivity contribution >= 4 is 0 Å². The molecule has 0 amide bonds. The van der Waals surface area contributed by atoms with Crippen molar-refractivity contribution in [3.05, 3.63) is 65.2 Å². The van der Waals surface area contributed by atoms with Gasteiger partial charge in [-0.05, 0) is 54.0 Å². The fourth-order valence-corrected chi connectivity index (χ4v) is 3.33. The fourth-order valence-electron chi connectivity index (χ4n) is 3.33. The Morgan fingerprint density at radius 1 is 1.10 bits per heavy atom. The number of nitrogens with two attached hydrogens (primary N) is 1. The summed E-state index contributed by atoms with van der Waals surface area (Å²) < 4.78 is 5.22. The van der Waals surface area contributed by atoms with Crippen molar-refractivity contribution in [2.45, 2.75) is 25.3 Å². The van der Waals surface area contributed by atoms with Crippen LogP contribution in [-0.4, -0.2) is 7.11 Å². The van der Waals surface area contributed by atoms with Crippen LogP contribution in [0.25, 0.3) is 0 Å². The average molecular weight is 282 g/mol. The molecule has 1 aliphatic carbocycles. The van der Waals surface area contributed by atoms with Crippen LogP contribution in [0.4, 0.5) is 0 Å². The fraction of sp³-hybridized carbons (Fsp3) is 0.333. The molecule has 1 aliphatic rings. The van der Waals surface area contributed by atoms with E-state index in [-0.39, 0.29) is 6.04 Å². The van der Waals surface area contributed by atoms with Crippen molar-refractivity contribution in [1.82, 2.24) is 5.43 Å². The second-order valence-corrected chi connectivity index (χ2v) is 5.69. The van der Waals surface area contributed by atoms with Crippen LogP contribution in [0.15, 0.2) is 48.5 Å². The molecular weight excluding hydrogens is 260 g/mol. The Morgan fingerprint density at radius 3 is 2.48 bits per heavy atom. The van der Waals surface area contributed by atoms with Crippen molar-refractivity contribution < 1.29 is 4.74 Å². The van der Waals surface area contributed by atoms with Gasteiger partial charge in [0.1, 0.15) is 5.75 Å². The van der Waals surface area contributed by atoms with E-state index in [0.29, 0.717) is 5.92 Å². The largest absolute Gasteiger partial charge is 0.497 e. The van der Waals surface area contributed by atoms with E-state index in [0.717, 1.165) is 25.0 Å². The van der Waals surface area contributed by atoms with Gasteiger partial charge in [0.15, 0.2) is 0 Å². The normalized spacial score (nSPS) is 18.9. The summed E-state index contributed by atoms with van der Waals surface area (Å²) in [4.78, 5) is 0. The van der Waals surface area contributed by atoms with Gasteiger partial charge in [-0.15, -0.1) is 0 Å². The Labute approximate surface area is 126 Å². The maximum Gasteiger partial charge on any atom is 0.118 e. The molecule has 2 aromatic carbocycles. The van der Waals surface area contributed by atoms with E-state index >= 15 is 0 Å². The first-order valence-electron chi connectivity index (χ1n) is 7.48. The lowest BCUT2D eigenvalue weighted by atomic mass is 9.78. The first-order valence-corrected chi connectivity index (χ1v) is 7.48. The number of ether oxygens (including phenoxy) is 1. The highest BCUT2D eigenvalue weighted by Crippen LogP contribution is 2.34. The third-order valence-electron chi connectivity index (χ3n) is 4.51. The predicted molar refractivity (Wildman–Crippen MR) is 85.0 cm³/mol. The molecule has 0 saturated carbocycles. The number of rotatable bonds is 4. The Morgan fingerprint density at radius 2 is 1.81 bits per heavy atom. The standard InChI is InChI=1S/C18H22N2O/c1-21-17-10-8-14(9-11-17)18(20-19)16-7-6-13-4-2-3-5-15(13)12-16/h2-5,8-11,16,18,20H,6-7,12,19H2,1H3. The van der Waals surface area contributed by atoms with Gasteiger partial charge in [0.25, 0.3) is 0 Å². The molecule has 3 heteroatoms. The lowest BCUT2D eigenvalue weighted by Gasteiger charge is -2.31. The monoisotopic (exact) mass is 282 g/mol. The molecule has 0 fully saturated rings. The lowest BCUT2D eigenvalue weighted by molar-refractivity contribution is 0.329. The summed E-state index contributed by atoms with van der Waals surface area (Å²) in [6.45, 7) is 0. The zero-order chi connectivity index (χ0) is 14.7. The lowest BCUT2D eigenvalue weighted by Crippen LogP contribution is -2.36. The molecule has 0 saturated heterocycles. The molecule has 21 heavy (non-hydrogen) atoms. The second-order valence-electron chi connectivity index (χ2n) is 5.69. The molecule has 2 atom stereocenters. The van der Waals surface area contributed by atoms with Crippen LogP contribution in [0.1, 0.15) is 29.2 Å². The topological polar surface area (TPSA) is 47.3 Å². The van der Waals surface area contributed by atoms with Crippen molar-refractivity contribution in [2.24, 2.45) is 11.8 Å². The molecule has 3 N–H and O–H groups in total. The minimum atomic E-state index is 0.185. The Kier molecular flexibility index (Phi) is 4.23. The van der Waals surface area contributed by atoms with Gasteiger partial charge in [0.2, 0.25) is 0 Å². The molecule has 110 valence electrons. The van der Waals surface area contributed by atoms with E-state index in [2.05, 4.69) is 41.8 Å². The SMILES string of the molecule is COc1ccc(C(NN)C2CCc3ccccc3C2)cc1. The molecule has 0 heterocycles. The van der Waals surface area contributed by atoms with Gasteiger partial charge in [0.05, 0.1) is 7.11 Å². The van der Waals surface area contributed by atoms with Gasteiger partial charge in [-0.3, -0.25) is 11.3 Å². The number of hydrazine groups is 1. The van der Waals surface area contributed by atoms with Crippen molar-refractivity contribution in [1.29, 1.82) is 0 Å². The molecule has 2 aromatic rings. The second kappa shape index (κ2) is 6.29. The minimum absolute atomic E-state index is 0.185. The molecule has 0 aliphatic heterocycles. The molecule has 2 unspecified atom stereocenters. The highest BCUT2D eigenvalue weighted by atomic mass is 16.5. The third-order valence-corrected chi connectivity index (χ3v) is 4.51. The van der Waals surface area contributed by atoms with Crippen LogP contribution in [0.2, 0.25) is 0 Å². The Bertz CT molecular complexity index is 594. The first kappa shape index (κ1) is 14.1. The number of nitrogens with one attached hydrogen (secondary N) is 1. The number of benzene rings is 2. The van der Waals surface area contributed by atoms with Crippen LogP contribution >= 0.6 is 0 Å². The Hall–Kier alpha value is -1.84. The van der Waals surface area contributed by atoms with Gasteiger partial charge in [0, 0.05) is 6.04 Å². The van der Waals surface area contributed by atoms with Crippen LogP contribution in [-0.2, 0) is 12.8 Å². The average Bonchev–Trinajstić information content (AvgIpc) is 2.56. The van der Waals surface area contributed by atoms with Crippen LogP contribution in [0.5, 0.6) is 5.75 Å². The molecule has 0 aromatic heterocycles. The van der Waals surface area contributed by atoms with Gasteiger partial charge < -0.3 is 4.74 Å². The van der Waals surface area contributed by atoms with Crippen molar-refractivity contribution in [3.8, 4) is 5.75 Å². The zero-order valence-corrected chi connectivity index (χ0v) is 12.4. The summed E-state index contributed by atoms with van der Waals surface area (Å²) >= 11 is 0. The van der Waals surface area contributed by atoms with Gasteiger partial charge in [-0.25, -0.2) is 0 Å². The van der Waals surface area contributed by atoms with E-state index in [9.17, 15) is 0 Å². The molecule has 0 radical (unpaired) electrons. The summed E-state index contributed by atoms with van der Waals surface area (Å²) in [6.07, 6.45) is 3.38. The van der Waals surface area contributed by atoms with Gasteiger partial charge in [-0.1, -0.05) is 36.4 Å². The minimum Gasteiger partial charge on any atom is -0.497 e. The molecular formula is C18H22N2O. The maximum atomic E-state index is 5.84. The highest BCUT2D eigenvalue weighted by Gasteiger charge is 2.26. The number of fused-ring (bicyclic) bond motifs is 1. The summed E-state index contributed by atoms with van der Waals surface area (Å²) in [5.74, 6) is 7.25. The number of hydrogen-bond donors (Lipinski definition) is 2. The van der Waals surface area contributed by atoms with E-state index in [1.807, 2.05) is 12.1 Å². The molecule has 3 rings (SSSR count). The number of methoxy groups -OCH3 is 1. The third kappa shape index (κ3) is 2.94. The quantitative estimate of drug-likeness (QED) is 0.669. The number of aryl methyl sites for hydroxylation is 1. The zero-order valence-electron chi connectivity index (χ0n) is 12.4. The maximum absolute atomic E-state index is 5.84. The van der Waals surface area contributed by atoms with Gasteiger partial charge in [-0.2, -0.15) is 0 Å². The highest BCUT2D eigenvalue weighted by molar-refractivity contribution is 5.33. The van der Waals surface area contributed by atoms with Crippen molar-refractivity contribution in [2.75, 3.05) is 7.11 Å². The molecule has 3 nitrogen and oxygen atoms in total. The predicted octanol–water partition coefficient (Wildman–Crippen LogP) is 3.00. The smallest absolute Gasteiger partial charge is 0.118 e. The molecule has 0 spiro atoms. The van der Waals surface area contributed by atoms with E-state index in [1.54, 1.807) is 7.11 Å². The summed E-state index contributed by atoms with van der Waals surface area (Å²) in [7, 11) is 1.69.